The van der Waals surface area contributed by atoms with Gasteiger partial charge in [0.1, 0.15) is 0 Å². The minimum Gasteiger partial charge on any atom is -0.466 e. The number of carbonyl (C=O) groups excluding carboxylic acids is 1. The van der Waals surface area contributed by atoms with E-state index in [4.69, 9.17) is 4.74 Å². The monoisotopic (exact) mass is 276 g/mol. The summed E-state index contributed by atoms with van der Waals surface area (Å²) in [7, 11) is 0. The van der Waals surface area contributed by atoms with Crippen molar-refractivity contribution in [3.8, 4) is 0 Å². The summed E-state index contributed by atoms with van der Waals surface area (Å²) < 4.78 is 5.07. The second-order valence-electron chi connectivity index (χ2n) is 4.08. The van der Waals surface area contributed by atoms with Crippen LogP contribution in [0.5, 0.6) is 0 Å². The van der Waals surface area contributed by atoms with Crippen LogP contribution in [0.2, 0.25) is 0 Å². The zero-order valence-corrected chi connectivity index (χ0v) is 12.3. The van der Waals surface area contributed by atoms with Gasteiger partial charge in [0.05, 0.1) is 12.5 Å². The van der Waals surface area contributed by atoms with Crippen molar-refractivity contribution in [2.45, 2.75) is 25.2 Å². The number of carbonyl (C=O) groups is 1. The summed E-state index contributed by atoms with van der Waals surface area (Å²) >= 11 is 1.65. The van der Waals surface area contributed by atoms with Crippen molar-refractivity contribution in [1.29, 1.82) is 0 Å². The van der Waals surface area contributed by atoms with E-state index in [0.717, 1.165) is 9.80 Å². The molecule has 0 aromatic heterocycles. The van der Waals surface area contributed by atoms with E-state index in [1.807, 2.05) is 38.1 Å². The van der Waals surface area contributed by atoms with Gasteiger partial charge in [0.2, 0.25) is 0 Å². The molecule has 0 saturated heterocycles. The van der Waals surface area contributed by atoms with Gasteiger partial charge < -0.3 is 4.74 Å². The summed E-state index contributed by atoms with van der Waals surface area (Å²) in [5.74, 6) is -0.427. The molecule has 0 radical (unpaired) electrons. The van der Waals surface area contributed by atoms with Crippen LogP contribution in [0.25, 0.3) is 0 Å². The predicted octanol–water partition coefficient (Wildman–Crippen LogP) is 4.44. The molecule has 1 atom stereocenters. The second kappa shape index (κ2) is 8.59. The van der Waals surface area contributed by atoms with Crippen LogP contribution in [0, 0.1) is 5.92 Å². The summed E-state index contributed by atoms with van der Waals surface area (Å²) in [5, 5.41) is 0. The number of esters is 1. The molecule has 1 unspecified atom stereocenters. The average Bonchev–Trinajstić information content (AvgIpc) is 2.39. The average molecular weight is 276 g/mol. The van der Waals surface area contributed by atoms with Gasteiger partial charge >= 0.3 is 5.97 Å². The van der Waals surface area contributed by atoms with E-state index in [1.165, 1.54) is 0 Å². The number of hydrogen-bond acceptors (Lipinski definition) is 3. The molecule has 0 amide bonds. The highest BCUT2D eigenvalue weighted by atomic mass is 32.2. The zero-order valence-electron chi connectivity index (χ0n) is 11.5. The minimum atomic E-state index is -0.242. The largest absolute Gasteiger partial charge is 0.466 e. The smallest absolute Gasteiger partial charge is 0.313 e. The van der Waals surface area contributed by atoms with Crippen molar-refractivity contribution in [1.82, 2.24) is 0 Å². The first-order valence-electron chi connectivity index (χ1n) is 6.36. The van der Waals surface area contributed by atoms with Gasteiger partial charge in [-0.2, -0.15) is 0 Å². The normalized spacial score (nSPS) is 12.8. The fourth-order valence-electron chi connectivity index (χ4n) is 1.65. The molecule has 0 aliphatic heterocycles. The molecule has 0 fully saturated rings. The summed E-state index contributed by atoms with van der Waals surface area (Å²) in [5.41, 5.74) is 0. The van der Waals surface area contributed by atoms with Gasteiger partial charge in [0, 0.05) is 4.90 Å². The maximum atomic E-state index is 11.8. The number of allylic oxidation sites excluding steroid dienone is 2. The molecule has 1 rings (SSSR count). The first kappa shape index (κ1) is 15.6. The number of rotatable bonds is 7. The van der Waals surface area contributed by atoms with Gasteiger partial charge in [-0.1, -0.05) is 42.1 Å². The molecule has 0 aliphatic rings. The van der Waals surface area contributed by atoms with Crippen LogP contribution in [-0.4, -0.2) is 12.6 Å². The molecule has 2 nitrogen and oxygen atoms in total. The zero-order chi connectivity index (χ0) is 14.1. The fraction of sp³-hybridized carbons (Fsp3) is 0.312. The Bertz CT molecular complexity index is 437. The first-order chi connectivity index (χ1) is 9.17. The van der Waals surface area contributed by atoms with Crippen molar-refractivity contribution >= 4 is 17.7 Å². The lowest BCUT2D eigenvalue weighted by molar-refractivity contribution is -0.146. The van der Waals surface area contributed by atoms with Gasteiger partial charge in [-0.3, -0.25) is 4.79 Å². The highest BCUT2D eigenvalue weighted by Crippen LogP contribution is 2.27. The number of ether oxygens (including phenoxy) is 1. The molecule has 1 aromatic rings. The predicted molar refractivity (Wildman–Crippen MR) is 81.0 cm³/mol. The molecular formula is C16H20O2S. The highest BCUT2D eigenvalue weighted by Gasteiger charge is 2.15. The molecule has 0 spiro atoms. The highest BCUT2D eigenvalue weighted by molar-refractivity contribution is 8.03. The molecule has 19 heavy (non-hydrogen) atoms. The Morgan fingerprint density at radius 2 is 2.11 bits per heavy atom. The maximum Gasteiger partial charge on any atom is 0.313 e. The van der Waals surface area contributed by atoms with E-state index in [2.05, 4.69) is 18.7 Å². The van der Waals surface area contributed by atoms with Gasteiger partial charge in [0.15, 0.2) is 0 Å². The number of benzene rings is 1. The summed E-state index contributed by atoms with van der Waals surface area (Å²) in [6, 6.07) is 10.1. The van der Waals surface area contributed by atoms with Gasteiger partial charge in [-0.05, 0) is 37.3 Å². The Morgan fingerprint density at radius 1 is 1.42 bits per heavy atom. The van der Waals surface area contributed by atoms with Gasteiger partial charge in [-0.25, -0.2) is 0 Å². The lowest BCUT2D eigenvalue weighted by Gasteiger charge is -2.11. The lowest BCUT2D eigenvalue weighted by atomic mass is 10.1. The number of thioether (sulfide) groups is 1. The molecule has 0 aliphatic carbocycles. The minimum absolute atomic E-state index is 0.185. The molecule has 0 heterocycles. The number of hydrogen-bond donors (Lipinski definition) is 0. The third-order valence-electron chi connectivity index (χ3n) is 2.47. The Morgan fingerprint density at radius 3 is 2.68 bits per heavy atom. The van der Waals surface area contributed by atoms with Crippen molar-refractivity contribution in [2.75, 3.05) is 6.61 Å². The maximum absolute atomic E-state index is 11.8. The van der Waals surface area contributed by atoms with Crippen LogP contribution in [0.1, 0.15) is 20.3 Å². The SMILES string of the molecule is C=CCC(/C=C(\C)Sc1ccccc1)C(=O)OCC. The first-order valence-corrected chi connectivity index (χ1v) is 7.17. The Labute approximate surface area is 119 Å². The van der Waals surface area contributed by atoms with Gasteiger partial charge in [-0.15, -0.1) is 6.58 Å². The third kappa shape index (κ3) is 5.79. The van der Waals surface area contributed by atoms with Crippen LogP contribution >= 0.6 is 11.8 Å². The van der Waals surface area contributed by atoms with Crippen molar-refractivity contribution < 1.29 is 9.53 Å². The standard InChI is InChI=1S/C16H20O2S/c1-4-9-14(16(17)18-5-2)12-13(3)19-15-10-7-6-8-11-15/h4,6-8,10-12,14H,1,5,9H2,2-3H3/b13-12+. The van der Waals surface area contributed by atoms with E-state index < -0.39 is 0 Å². The summed E-state index contributed by atoms with van der Waals surface area (Å²) in [6.07, 6.45) is 4.31. The molecule has 0 bridgehead atoms. The van der Waals surface area contributed by atoms with E-state index in [0.29, 0.717) is 13.0 Å². The summed E-state index contributed by atoms with van der Waals surface area (Å²) in [6.45, 7) is 7.92. The van der Waals surface area contributed by atoms with Crippen molar-refractivity contribution in [3.05, 3.63) is 54.0 Å². The van der Waals surface area contributed by atoms with E-state index in [9.17, 15) is 4.79 Å². The molecule has 3 heteroatoms. The Kier molecular flexibility index (Phi) is 7.04. The summed E-state index contributed by atoms with van der Waals surface area (Å²) in [4.78, 5) is 14.1. The molecule has 0 saturated carbocycles. The van der Waals surface area contributed by atoms with E-state index in [1.54, 1.807) is 17.8 Å². The van der Waals surface area contributed by atoms with E-state index in [-0.39, 0.29) is 11.9 Å². The molecule has 102 valence electrons. The fourth-order valence-corrected chi connectivity index (χ4v) is 2.55. The van der Waals surface area contributed by atoms with Crippen LogP contribution in [0.15, 0.2) is 58.9 Å². The second-order valence-corrected chi connectivity index (χ2v) is 5.39. The van der Waals surface area contributed by atoms with Crippen LogP contribution in [0.3, 0.4) is 0 Å². The Balaban J connectivity index is 2.72. The Hall–Kier alpha value is -1.48. The van der Waals surface area contributed by atoms with Crippen LogP contribution in [-0.2, 0) is 9.53 Å². The van der Waals surface area contributed by atoms with E-state index >= 15 is 0 Å². The lowest BCUT2D eigenvalue weighted by Crippen LogP contribution is -2.15. The third-order valence-corrected chi connectivity index (χ3v) is 3.43. The van der Waals surface area contributed by atoms with Crippen LogP contribution in [0.4, 0.5) is 0 Å². The molecular weight excluding hydrogens is 256 g/mol. The topological polar surface area (TPSA) is 26.3 Å². The van der Waals surface area contributed by atoms with Crippen molar-refractivity contribution in [3.63, 3.8) is 0 Å². The van der Waals surface area contributed by atoms with Crippen LogP contribution < -0.4 is 0 Å². The van der Waals surface area contributed by atoms with Gasteiger partial charge in [0.25, 0.3) is 0 Å². The molecule has 0 N–H and O–H groups in total. The quantitative estimate of drug-likeness (QED) is 0.418. The van der Waals surface area contributed by atoms with Crippen molar-refractivity contribution in [2.24, 2.45) is 5.92 Å². The molecule has 1 aromatic carbocycles.